The van der Waals surface area contributed by atoms with E-state index in [4.69, 9.17) is 22.3 Å². The van der Waals surface area contributed by atoms with Gasteiger partial charge in [0.2, 0.25) is 0 Å². The highest BCUT2D eigenvalue weighted by Gasteiger charge is 2.20. The number of benzene rings is 1. The summed E-state index contributed by atoms with van der Waals surface area (Å²) < 4.78 is 37.0. The van der Waals surface area contributed by atoms with E-state index in [0.717, 1.165) is 4.68 Å². The van der Waals surface area contributed by atoms with Gasteiger partial charge < -0.3 is 0 Å². The van der Waals surface area contributed by atoms with Crippen LogP contribution < -0.4 is 0 Å². The molecule has 1 aromatic carbocycles. The van der Waals surface area contributed by atoms with Crippen molar-refractivity contribution >= 4 is 31.3 Å². The van der Waals surface area contributed by atoms with Gasteiger partial charge >= 0.3 is 0 Å². The average molecular weight is 295 g/mol. The van der Waals surface area contributed by atoms with Crippen LogP contribution in [0, 0.1) is 5.82 Å². The molecule has 0 aliphatic carbocycles. The predicted molar refractivity (Wildman–Crippen MR) is 61.6 cm³/mol. The molecule has 0 radical (unpaired) electrons. The molecule has 0 unspecified atom stereocenters. The number of hydrogen-bond donors (Lipinski definition) is 0. The Kier molecular flexibility index (Phi) is 3.11. The third-order valence-corrected chi connectivity index (χ3v) is 3.59. The van der Waals surface area contributed by atoms with Crippen molar-refractivity contribution in [2.45, 2.75) is 5.03 Å². The van der Waals surface area contributed by atoms with Gasteiger partial charge in [-0.05, 0) is 18.2 Å². The monoisotopic (exact) mass is 294 g/mol. The van der Waals surface area contributed by atoms with Gasteiger partial charge in [-0.25, -0.2) is 17.5 Å². The zero-order valence-corrected chi connectivity index (χ0v) is 10.5. The summed E-state index contributed by atoms with van der Waals surface area (Å²) in [6, 6.07) is 5.34. The van der Waals surface area contributed by atoms with Gasteiger partial charge in [0.05, 0.1) is 11.2 Å². The number of aromatic nitrogens is 2. The molecule has 0 bridgehead atoms. The van der Waals surface area contributed by atoms with Gasteiger partial charge in [0, 0.05) is 10.7 Å². The molecule has 0 aliphatic rings. The molecule has 0 saturated carbocycles. The summed E-state index contributed by atoms with van der Waals surface area (Å²) in [7, 11) is 1.20. The largest absolute Gasteiger partial charge is 0.278 e. The molecule has 0 atom stereocenters. The van der Waals surface area contributed by atoms with Crippen molar-refractivity contribution < 1.29 is 12.8 Å². The number of nitrogens with zero attached hydrogens (tertiary/aromatic N) is 2. The maximum atomic E-state index is 13.7. The van der Waals surface area contributed by atoms with Crippen LogP contribution >= 0.6 is 22.3 Å². The van der Waals surface area contributed by atoms with E-state index in [1.165, 1.54) is 30.5 Å². The summed E-state index contributed by atoms with van der Waals surface area (Å²) in [5.41, 5.74) is -0.0817. The van der Waals surface area contributed by atoms with E-state index in [2.05, 4.69) is 5.10 Å². The molecule has 0 aliphatic heterocycles. The van der Waals surface area contributed by atoms with Crippen molar-refractivity contribution in [3.05, 3.63) is 41.3 Å². The van der Waals surface area contributed by atoms with E-state index in [1.807, 2.05) is 0 Å². The first-order valence-electron chi connectivity index (χ1n) is 4.34. The van der Waals surface area contributed by atoms with Gasteiger partial charge in [-0.2, -0.15) is 5.10 Å². The summed E-state index contributed by atoms with van der Waals surface area (Å²) in [6.45, 7) is 0. The standard InChI is InChI=1S/C9H5Cl2FN2O2S/c10-6-2-1-3-7(9(6)12)14-8(4-5-13-14)17(11,15)16/h1-5H. The Morgan fingerprint density at radius 3 is 2.65 bits per heavy atom. The number of rotatable bonds is 2. The molecule has 0 spiro atoms. The van der Waals surface area contributed by atoms with Crippen molar-refractivity contribution in [1.29, 1.82) is 0 Å². The van der Waals surface area contributed by atoms with Crippen LogP contribution in [0.4, 0.5) is 4.39 Å². The second-order valence-corrected chi connectivity index (χ2v) is 6.01. The molecule has 0 amide bonds. The fraction of sp³-hybridized carbons (Fsp3) is 0. The topological polar surface area (TPSA) is 52.0 Å². The van der Waals surface area contributed by atoms with Crippen LogP contribution in [0.25, 0.3) is 5.69 Å². The lowest BCUT2D eigenvalue weighted by Crippen LogP contribution is -2.06. The summed E-state index contributed by atoms with van der Waals surface area (Å²) in [4.78, 5) is 0. The van der Waals surface area contributed by atoms with E-state index >= 15 is 0 Å². The Morgan fingerprint density at radius 2 is 2.00 bits per heavy atom. The van der Waals surface area contributed by atoms with Gasteiger partial charge in [0.25, 0.3) is 9.05 Å². The molecular weight excluding hydrogens is 290 g/mol. The van der Waals surface area contributed by atoms with Gasteiger partial charge in [-0.15, -0.1) is 0 Å². The highest BCUT2D eigenvalue weighted by atomic mass is 35.7. The molecule has 17 heavy (non-hydrogen) atoms. The van der Waals surface area contributed by atoms with Crippen LogP contribution in [0.2, 0.25) is 5.02 Å². The lowest BCUT2D eigenvalue weighted by Gasteiger charge is -2.06. The molecular formula is C9H5Cl2FN2O2S. The van der Waals surface area contributed by atoms with Crippen LogP contribution in [0.5, 0.6) is 0 Å². The second-order valence-electron chi connectivity index (χ2n) is 3.09. The molecule has 4 nitrogen and oxygen atoms in total. The highest BCUT2D eigenvalue weighted by Crippen LogP contribution is 2.24. The molecule has 2 aromatic rings. The van der Waals surface area contributed by atoms with Gasteiger partial charge in [0.15, 0.2) is 10.8 Å². The lowest BCUT2D eigenvalue weighted by atomic mass is 10.3. The quantitative estimate of drug-likeness (QED) is 0.800. The van der Waals surface area contributed by atoms with Crippen LogP contribution in [0.1, 0.15) is 0 Å². The van der Waals surface area contributed by atoms with E-state index in [1.54, 1.807) is 0 Å². The van der Waals surface area contributed by atoms with Crippen molar-refractivity contribution in [3.8, 4) is 5.69 Å². The lowest BCUT2D eigenvalue weighted by molar-refractivity contribution is 0.586. The third kappa shape index (κ3) is 2.29. The van der Waals surface area contributed by atoms with E-state index < -0.39 is 14.9 Å². The predicted octanol–water partition coefficient (Wildman–Crippen LogP) is 2.59. The number of hydrogen-bond acceptors (Lipinski definition) is 3. The Bertz CT molecular complexity index is 669. The Hall–Kier alpha value is -1.11. The summed E-state index contributed by atoms with van der Waals surface area (Å²) in [5, 5.41) is 3.26. The minimum Gasteiger partial charge on any atom is -0.218 e. The van der Waals surface area contributed by atoms with E-state index in [9.17, 15) is 12.8 Å². The first-order chi connectivity index (χ1) is 7.91. The highest BCUT2D eigenvalue weighted by molar-refractivity contribution is 8.13. The second kappa shape index (κ2) is 4.29. The van der Waals surface area contributed by atoms with Gasteiger partial charge in [0.1, 0.15) is 5.69 Å². The average Bonchev–Trinajstić information content (AvgIpc) is 2.70. The fourth-order valence-corrected chi connectivity index (χ4v) is 2.41. The molecule has 1 aromatic heterocycles. The Labute approximate surface area is 106 Å². The van der Waals surface area contributed by atoms with Gasteiger partial charge in [-0.1, -0.05) is 17.7 Å². The third-order valence-electron chi connectivity index (χ3n) is 2.02. The maximum absolute atomic E-state index is 13.7. The van der Waals surface area contributed by atoms with Crippen molar-refractivity contribution in [2.24, 2.45) is 0 Å². The normalized spacial score (nSPS) is 11.7. The van der Waals surface area contributed by atoms with Gasteiger partial charge in [-0.3, -0.25) is 0 Å². The fourth-order valence-electron chi connectivity index (χ4n) is 1.31. The maximum Gasteiger partial charge on any atom is 0.278 e. The van der Waals surface area contributed by atoms with Crippen LogP contribution in [0.3, 0.4) is 0 Å². The molecule has 2 rings (SSSR count). The van der Waals surface area contributed by atoms with Crippen LogP contribution in [-0.4, -0.2) is 18.2 Å². The van der Waals surface area contributed by atoms with Crippen LogP contribution in [-0.2, 0) is 9.05 Å². The SMILES string of the molecule is O=S(=O)(Cl)c1ccnn1-c1cccc(Cl)c1F. The summed E-state index contributed by atoms with van der Waals surface area (Å²) in [6.07, 6.45) is 1.20. The van der Waals surface area contributed by atoms with Crippen molar-refractivity contribution in [2.75, 3.05) is 0 Å². The summed E-state index contributed by atoms with van der Waals surface area (Å²) in [5.74, 6) is -0.764. The smallest absolute Gasteiger partial charge is 0.218 e. The minimum absolute atomic E-state index is 0.0817. The molecule has 0 N–H and O–H groups in total. The Morgan fingerprint density at radius 1 is 1.29 bits per heavy atom. The van der Waals surface area contributed by atoms with Crippen molar-refractivity contribution in [3.63, 3.8) is 0 Å². The van der Waals surface area contributed by atoms with Crippen molar-refractivity contribution in [1.82, 2.24) is 9.78 Å². The Balaban J connectivity index is 2.71. The number of halogens is 3. The molecule has 1 heterocycles. The zero-order chi connectivity index (χ0) is 12.6. The first kappa shape index (κ1) is 12.3. The summed E-state index contributed by atoms with van der Waals surface area (Å²) >= 11 is 5.60. The molecule has 0 saturated heterocycles. The zero-order valence-electron chi connectivity index (χ0n) is 8.14. The van der Waals surface area contributed by atoms with Crippen LogP contribution in [0.15, 0.2) is 35.5 Å². The molecule has 0 fully saturated rings. The minimum atomic E-state index is -4.00. The molecule has 90 valence electrons. The van der Waals surface area contributed by atoms with E-state index in [-0.39, 0.29) is 15.7 Å². The van der Waals surface area contributed by atoms with E-state index in [0.29, 0.717) is 0 Å². The molecule has 8 heteroatoms. The first-order valence-corrected chi connectivity index (χ1v) is 7.03.